The first kappa shape index (κ1) is 12.7. The molecule has 3 N–H and O–H groups in total. The van der Waals surface area contributed by atoms with Gasteiger partial charge in [0.15, 0.2) is 5.13 Å². The van der Waals surface area contributed by atoms with Gasteiger partial charge in [-0.05, 0) is 26.0 Å². The van der Waals surface area contributed by atoms with Gasteiger partial charge < -0.3 is 11.1 Å². The summed E-state index contributed by atoms with van der Waals surface area (Å²) in [5.41, 5.74) is 6.31. The average molecular weight is 271 g/mol. The monoisotopic (exact) mass is 271 g/mol. The number of aromatic nitrogens is 1. The molecular formula is C11H17N3OS2. The number of nitrogens with one attached hydrogen (secondary N) is 1. The first-order chi connectivity index (χ1) is 8.06. The standard InChI is InChI=1S/C11H17N3OS2/c1-7-8(17-10(12)14-7)9(15)13-6-11(16-2)4-3-5-11/h3-6H2,1-2H3,(H2,12,14)(H,13,15). The molecule has 0 aromatic carbocycles. The summed E-state index contributed by atoms with van der Waals surface area (Å²) in [6.45, 7) is 2.56. The van der Waals surface area contributed by atoms with Crippen molar-refractivity contribution in [2.24, 2.45) is 0 Å². The number of carbonyl (C=O) groups excluding carboxylic acids is 1. The van der Waals surface area contributed by atoms with Gasteiger partial charge in [0.2, 0.25) is 0 Å². The minimum Gasteiger partial charge on any atom is -0.375 e. The van der Waals surface area contributed by atoms with Crippen molar-refractivity contribution in [2.45, 2.75) is 30.9 Å². The number of nitrogens with two attached hydrogens (primary N) is 1. The van der Waals surface area contributed by atoms with Gasteiger partial charge in [-0.25, -0.2) is 4.98 Å². The maximum absolute atomic E-state index is 12.0. The molecule has 1 fully saturated rings. The maximum atomic E-state index is 12.0. The summed E-state index contributed by atoms with van der Waals surface area (Å²) in [4.78, 5) is 16.7. The number of nitrogen functional groups attached to an aromatic ring is 1. The predicted molar refractivity (Wildman–Crippen MR) is 73.7 cm³/mol. The smallest absolute Gasteiger partial charge is 0.263 e. The zero-order valence-corrected chi connectivity index (χ0v) is 11.7. The Morgan fingerprint density at radius 3 is 2.76 bits per heavy atom. The fourth-order valence-corrected chi connectivity index (χ4v) is 3.64. The van der Waals surface area contributed by atoms with Crippen LogP contribution in [0.1, 0.15) is 34.6 Å². The molecule has 0 unspecified atom stereocenters. The van der Waals surface area contributed by atoms with Gasteiger partial charge in [-0.2, -0.15) is 11.8 Å². The molecule has 6 heteroatoms. The molecule has 0 spiro atoms. The lowest BCUT2D eigenvalue weighted by Gasteiger charge is -2.40. The predicted octanol–water partition coefficient (Wildman–Crippen LogP) is 2.05. The van der Waals surface area contributed by atoms with Gasteiger partial charge in [-0.3, -0.25) is 4.79 Å². The van der Waals surface area contributed by atoms with Crippen LogP contribution in [0.4, 0.5) is 5.13 Å². The summed E-state index contributed by atoms with van der Waals surface area (Å²) in [5, 5.41) is 3.46. The number of hydrogen-bond acceptors (Lipinski definition) is 5. The lowest BCUT2D eigenvalue weighted by molar-refractivity contribution is 0.0947. The molecule has 4 nitrogen and oxygen atoms in total. The molecule has 1 saturated carbocycles. The van der Waals surface area contributed by atoms with Crippen LogP contribution in [0.5, 0.6) is 0 Å². The third-order valence-corrected chi connectivity index (χ3v) is 5.69. The first-order valence-corrected chi connectivity index (χ1v) is 7.67. The van der Waals surface area contributed by atoms with Gasteiger partial charge in [0, 0.05) is 11.3 Å². The van der Waals surface area contributed by atoms with Crippen molar-refractivity contribution in [3.05, 3.63) is 10.6 Å². The van der Waals surface area contributed by atoms with Crippen LogP contribution >= 0.6 is 23.1 Å². The molecule has 94 valence electrons. The Morgan fingerprint density at radius 2 is 2.35 bits per heavy atom. The molecule has 1 aromatic heterocycles. The van der Waals surface area contributed by atoms with Crippen molar-refractivity contribution in [2.75, 3.05) is 18.5 Å². The lowest BCUT2D eigenvalue weighted by atomic mass is 9.84. The second kappa shape index (κ2) is 4.86. The van der Waals surface area contributed by atoms with Gasteiger partial charge >= 0.3 is 0 Å². The largest absolute Gasteiger partial charge is 0.375 e. The molecule has 0 saturated heterocycles. The highest BCUT2D eigenvalue weighted by Crippen LogP contribution is 2.42. The number of anilines is 1. The second-order valence-electron chi connectivity index (χ2n) is 4.39. The van der Waals surface area contributed by atoms with Gasteiger partial charge in [-0.15, -0.1) is 0 Å². The van der Waals surface area contributed by atoms with Crippen LogP contribution in [0.15, 0.2) is 0 Å². The van der Waals surface area contributed by atoms with E-state index in [-0.39, 0.29) is 10.7 Å². The highest BCUT2D eigenvalue weighted by Gasteiger charge is 2.36. The Bertz CT molecular complexity index is 421. The average Bonchev–Trinajstić information content (AvgIpc) is 2.57. The molecular weight excluding hydrogens is 254 g/mol. The lowest BCUT2D eigenvalue weighted by Crippen LogP contribution is -2.45. The third-order valence-electron chi connectivity index (χ3n) is 3.29. The highest BCUT2D eigenvalue weighted by atomic mass is 32.2. The number of aryl methyl sites for hydroxylation is 1. The fourth-order valence-electron chi connectivity index (χ4n) is 1.97. The Morgan fingerprint density at radius 1 is 1.65 bits per heavy atom. The zero-order valence-electron chi connectivity index (χ0n) is 10.1. The summed E-state index contributed by atoms with van der Waals surface area (Å²) in [5.74, 6) is -0.0444. The number of thioether (sulfide) groups is 1. The van der Waals surface area contributed by atoms with Crippen LogP contribution in [0, 0.1) is 6.92 Å². The molecule has 0 atom stereocenters. The molecule has 0 radical (unpaired) electrons. The molecule has 17 heavy (non-hydrogen) atoms. The number of nitrogens with zero attached hydrogens (tertiary/aromatic N) is 1. The second-order valence-corrected chi connectivity index (χ2v) is 6.69. The molecule has 1 aliphatic rings. The fraction of sp³-hybridized carbons (Fsp3) is 0.636. The van der Waals surface area contributed by atoms with E-state index in [2.05, 4.69) is 16.6 Å². The molecule has 1 aromatic rings. The molecule has 2 rings (SSSR count). The van der Waals surface area contributed by atoms with Crippen molar-refractivity contribution in [1.82, 2.24) is 10.3 Å². The van der Waals surface area contributed by atoms with Crippen molar-refractivity contribution >= 4 is 34.1 Å². The summed E-state index contributed by atoms with van der Waals surface area (Å²) >= 11 is 3.11. The normalized spacial score (nSPS) is 17.5. The van der Waals surface area contributed by atoms with Crippen molar-refractivity contribution < 1.29 is 4.79 Å². The summed E-state index contributed by atoms with van der Waals surface area (Å²) in [7, 11) is 0. The minimum absolute atomic E-state index is 0.0444. The van der Waals surface area contributed by atoms with Gasteiger partial charge in [0.25, 0.3) is 5.91 Å². The van der Waals surface area contributed by atoms with Gasteiger partial charge in [-0.1, -0.05) is 17.8 Å². The van der Waals surface area contributed by atoms with Crippen molar-refractivity contribution in [1.29, 1.82) is 0 Å². The summed E-state index contributed by atoms with van der Waals surface area (Å²) in [6, 6.07) is 0. The van der Waals surface area contributed by atoms with E-state index >= 15 is 0 Å². The maximum Gasteiger partial charge on any atom is 0.263 e. The summed E-state index contributed by atoms with van der Waals surface area (Å²) < 4.78 is 0.264. The van der Waals surface area contributed by atoms with Crippen LogP contribution in [-0.2, 0) is 0 Å². The molecule has 1 aliphatic carbocycles. The minimum atomic E-state index is -0.0444. The van der Waals surface area contributed by atoms with E-state index in [1.165, 1.54) is 30.6 Å². The van der Waals surface area contributed by atoms with E-state index in [1.54, 1.807) is 0 Å². The number of carbonyl (C=O) groups is 1. The molecule has 0 aliphatic heterocycles. The van der Waals surface area contributed by atoms with Gasteiger partial charge in [0.05, 0.1) is 5.69 Å². The number of thiazole rings is 1. The molecule has 0 bridgehead atoms. The topological polar surface area (TPSA) is 68.0 Å². The van der Waals surface area contributed by atoms with Crippen LogP contribution in [0.2, 0.25) is 0 Å². The van der Waals surface area contributed by atoms with E-state index in [9.17, 15) is 4.79 Å². The van der Waals surface area contributed by atoms with Crippen LogP contribution in [0.3, 0.4) is 0 Å². The Balaban J connectivity index is 1.95. The van der Waals surface area contributed by atoms with Crippen LogP contribution in [0.25, 0.3) is 0 Å². The third kappa shape index (κ3) is 2.57. The number of hydrogen-bond donors (Lipinski definition) is 2. The molecule has 1 amide bonds. The van der Waals surface area contributed by atoms with E-state index in [0.717, 1.165) is 12.2 Å². The van der Waals surface area contributed by atoms with E-state index in [1.807, 2.05) is 18.7 Å². The van der Waals surface area contributed by atoms with Crippen LogP contribution in [-0.4, -0.2) is 28.4 Å². The first-order valence-electron chi connectivity index (χ1n) is 5.62. The van der Waals surface area contributed by atoms with Crippen molar-refractivity contribution in [3.63, 3.8) is 0 Å². The summed E-state index contributed by atoms with van der Waals surface area (Å²) in [6.07, 6.45) is 5.76. The van der Waals surface area contributed by atoms with Crippen LogP contribution < -0.4 is 11.1 Å². The Hall–Kier alpha value is -0.750. The Labute approximate surface area is 109 Å². The molecule has 1 heterocycles. The SMILES string of the molecule is CSC1(CNC(=O)c2sc(N)nc2C)CCC1. The highest BCUT2D eigenvalue weighted by molar-refractivity contribution is 8.00. The Kier molecular flexibility index (Phi) is 3.63. The zero-order chi connectivity index (χ0) is 12.5. The van der Waals surface area contributed by atoms with E-state index in [0.29, 0.717) is 10.0 Å². The van der Waals surface area contributed by atoms with Gasteiger partial charge in [0.1, 0.15) is 4.88 Å². The van der Waals surface area contributed by atoms with E-state index in [4.69, 9.17) is 5.73 Å². The van der Waals surface area contributed by atoms with E-state index < -0.39 is 0 Å². The number of rotatable bonds is 4. The number of amides is 1. The van der Waals surface area contributed by atoms with Crippen molar-refractivity contribution in [3.8, 4) is 0 Å². The quantitative estimate of drug-likeness (QED) is 0.879.